The maximum Gasteiger partial charge on any atom is 0.0459 e. The Morgan fingerprint density at radius 3 is 1.94 bits per heavy atom. The van der Waals surface area contributed by atoms with Gasteiger partial charge < -0.3 is 4.74 Å². The third-order valence-corrected chi connectivity index (χ3v) is 1.99. The smallest absolute Gasteiger partial charge is 0.0459 e. The summed E-state index contributed by atoms with van der Waals surface area (Å²) >= 11 is 0. The molecule has 0 aliphatic rings. The molecule has 0 unspecified atom stereocenters. The highest BCUT2D eigenvalue weighted by atomic mass is 16.5. The van der Waals surface area contributed by atoms with Crippen molar-refractivity contribution in [1.82, 2.24) is 0 Å². The number of methoxy groups -OCH3 is 1. The highest BCUT2D eigenvalue weighted by molar-refractivity contribution is 5.15. The molecular weight excluding hydrogens is 196 g/mol. The van der Waals surface area contributed by atoms with Crippen LogP contribution in [0.4, 0.5) is 0 Å². The van der Waals surface area contributed by atoms with Gasteiger partial charge in [0.15, 0.2) is 0 Å². The molecule has 0 spiro atoms. The third-order valence-electron chi connectivity index (χ3n) is 1.99. The van der Waals surface area contributed by atoms with E-state index in [1.807, 2.05) is 0 Å². The van der Waals surface area contributed by atoms with Gasteiger partial charge in [-0.3, -0.25) is 0 Å². The number of ether oxygens (including phenoxy) is 1. The lowest BCUT2D eigenvalue weighted by molar-refractivity contribution is 0.199. The molecule has 0 amide bonds. The van der Waals surface area contributed by atoms with Crippen LogP contribution < -0.4 is 0 Å². The van der Waals surface area contributed by atoms with E-state index in [9.17, 15) is 0 Å². The van der Waals surface area contributed by atoms with Gasteiger partial charge in [0.25, 0.3) is 0 Å². The minimum atomic E-state index is 0.404. The lowest BCUT2D eigenvalue weighted by Crippen LogP contribution is -2.08. The molecule has 0 saturated carbocycles. The van der Waals surface area contributed by atoms with Crippen LogP contribution in [0.1, 0.15) is 39.7 Å². The van der Waals surface area contributed by atoms with Crippen molar-refractivity contribution in [2.24, 2.45) is 5.41 Å². The van der Waals surface area contributed by atoms with Crippen molar-refractivity contribution in [2.45, 2.75) is 40.5 Å². The second kappa shape index (κ2) is 8.35. The highest BCUT2D eigenvalue weighted by Crippen LogP contribution is 2.19. The summed E-state index contributed by atoms with van der Waals surface area (Å²) in [5.74, 6) is 0. The molecule has 92 valence electrons. The second-order valence-electron chi connectivity index (χ2n) is 5.22. The van der Waals surface area contributed by atoms with Crippen molar-refractivity contribution >= 4 is 0 Å². The van der Waals surface area contributed by atoms with Crippen LogP contribution >= 0.6 is 0 Å². The fourth-order valence-corrected chi connectivity index (χ4v) is 1.41. The second-order valence-corrected chi connectivity index (χ2v) is 5.22. The van der Waals surface area contributed by atoms with Crippen LogP contribution in [0.2, 0.25) is 0 Å². The minimum absolute atomic E-state index is 0.404. The first-order valence-electron chi connectivity index (χ1n) is 6.02. The summed E-state index contributed by atoms with van der Waals surface area (Å²) in [4.78, 5) is 0. The molecule has 0 N–H and O–H groups in total. The predicted octanol–water partition coefficient (Wildman–Crippen LogP) is 4.32. The molecule has 0 bridgehead atoms. The van der Waals surface area contributed by atoms with Gasteiger partial charge in [0.2, 0.25) is 0 Å². The maximum atomic E-state index is 4.69. The Morgan fingerprint density at radius 1 is 1.06 bits per heavy atom. The van der Waals surface area contributed by atoms with Crippen molar-refractivity contribution in [3.8, 4) is 0 Å². The molecule has 1 nitrogen and oxygen atoms in total. The summed E-state index contributed by atoms with van der Waals surface area (Å²) in [7, 11) is 1.71. The number of hydrogen-bond acceptors (Lipinski definition) is 1. The predicted molar refractivity (Wildman–Crippen MR) is 71.8 cm³/mol. The average molecular weight is 222 g/mol. The van der Waals surface area contributed by atoms with Crippen molar-refractivity contribution in [2.75, 3.05) is 13.7 Å². The number of benzene rings is 1. The Bertz CT molecular complexity index is 244. The lowest BCUT2D eigenvalue weighted by Gasteiger charge is -2.17. The van der Waals surface area contributed by atoms with Gasteiger partial charge in [0.1, 0.15) is 0 Å². The zero-order valence-corrected chi connectivity index (χ0v) is 11.4. The number of hydrogen-bond donors (Lipinski definition) is 0. The SMILES string of the molecule is CC(C)(C)Cc1ccccc1.CCCOC. The Morgan fingerprint density at radius 2 is 1.62 bits per heavy atom. The third kappa shape index (κ3) is 9.72. The van der Waals surface area contributed by atoms with Gasteiger partial charge in [-0.1, -0.05) is 58.0 Å². The standard InChI is InChI=1S/C11H16.C4H10O/c1-11(2,3)9-10-7-5-4-6-8-10;1-3-4-5-2/h4-8H,9H2,1-3H3;3-4H2,1-2H3. The average Bonchev–Trinajstić information content (AvgIpc) is 2.19. The fourth-order valence-electron chi connectivity index (χ4n) is 1.41. The Hall–Kier alpha value is -0.820. The van der Waals surface area contributed by atoms with Crippen molar-refractivity contribution < 1.29 is 4.74 Å². The quantitative estimate of drug-likeness (QED) is 0.740. The summed E-state index contributed by atoms with van der Waals surface area (Å²) < 4.78 is 4.69. The molecule has 16 heavy (non-hydrogen) atoms. The molecule has 0 heterocycles. The van der Waals surface area contributed by atoms with Crippen molar-refractivity contribution in [3.63, 3.8) is 0 Å². The summed E-state index contributed by atoms with van der Waals surface area (Å²) in [5, 5.41) is 0. The Balaban J connectivity index is 0.000000385. The molecule has 1 aromatic rings. The molecule has 1 heteroatoms. The van der Waals surface area contributed by atoms with E-state index >= 15 is 0 Å². The van der Waals surface area contributed by atoms with Crippen molar-refractivity contribution in [1.29, 1.82) is 0 Å². The van der Waals surface area contributed by atoms with E-state index in [0.717, 1.165) is 19.4 Å². The fraction of sp³-hybridized carbons (Fsp3) is 0.600. The number of rotatable bonds is 3. The van der Waals surface area contributed by atoms with Gasteiger partial charge in [-0.15, -0.1) is 0 Å². The van der Waals surface area contributed by atoms with E-state index in [-0.39, 0.29) is 0 Å². The molecule has 0 saturated heterocycles. The molecule has 0 aliphatic carbocycles. The Labute approximate surface area is 101 Å². The van der Waals surface area contributed by atoms with Crippen LogP contribution in [0, 0.1) is 5.41 Å². The van der Waals surface area contributed by atoms with Crippen LogP contribution in [-0.2, 0) is 11.2 Å². The van der Waals surface area contributed by atoms with E-state index in [1.165, 1.54) is 5.56 Å². The van der Waals surface area contributed by atoms with E-state index in [1.54, 1.807) is 7.11 Å². The van der Waals surface area contributed by atoms with Crippen LogP contribution in [0.15, 0.2) is 30.3 Å². The molecule has 0 aliphatic heterocycles. The molecule has 1 aromatic carbocycles. The maximum absolute atomic E-state index is 4.69. The van der Waals surface area contributed by atoms with Gasteiger partial charge in [0, 0.05) is 13.7 Å². The largest absolute Gasteiger partial charge is 0.385 e. The molecule has 0 atom stereocenters. The van der Waals surface area contributed by atoms with Gasteiger partial charge in [-0.05, 0) is 23.8 Å². The zero-order valence-electron chi connectivity index (χ0n) is 11.4. The monoisotopic (exact) mass is 222 g/mol. The summed E-state index contributed by atoms with van der Waals surface area (Å²) in [6.45, 7) is 9.77. The summed E-state index contributed by atoms with van der Waals surface area (Å²) in [6.07, 6.45) is 2.28. The van der Waals surface area contributed by atoms with E-state index in [4.69, 9.17) is 4.74 Å². The first-order valence-corrected chi connectivity index (χ1v) is 6.02. The zero-order chi connectivity index (χ0) is 12.4. The first-order chi connectivity index (χ1) is 7.49. The minimum Gasteiger partial charge on any atom is -0.385 e. The molecule has 0 fully saturated rings. The van der Waals surface area contributed by atoms with Crippen LogP contribution in [0.3, 0.4) is 0 Å². The van der Waals surface area contributed by atoms with Crippen molar-refractivity contribution in [3.05, 3.63) is 35.9 Å². The Kier molecular flexibility index (Phi) is 7.92. The van der Waals surface area contributed by atoms with Gasteiger partial charge in [-0.25, -0.2) is 0 Å². The normalized spacial score (nSPS) is 10.6. The van der Waals surface area contributed by atoms with Crippen LogP contribution in [-0.4, -0.2) is 13.7 Å². The van der Waals surface area contributed by atoms with Crippen LogP contribution in [0.5, 0.6) is 0 Å². The first kappa shape index (κ1) is 15.2. The van der Waals surface area contributed by atoms with Gasteiger partial charge in [0.05, 0.1) is 0 Å². The molecule has 0 radical (unpaired) electrons. The van der Waals surface area contributed by atoms with Crippen LogP contribution in [0.25, 0.3) is 0 Å². The highest BCUT2D eigenvalue weighted by Gasteiger charge is 2.09. The molecular formula is C15H26O. The van der Waals surface area contributed by atoms with E-state index in [0.29, 0.717) is 5.41 Å². The summed E-state index contributed by atoms with van der Waals surface area (Å²) in [5.41, 5.74) is 1.83. The summed E-state index contributed by atoms with van der Waals surface area (Å²) in [6, 6.07) is 10.6. The van der Waals surface area contributed by atoms with E-state index < -0.39 is 0 Å². The van der Waals surface area contributed by atoms with E-state index in [2.05, 4.69) is 58.0 Å². The lowest BCUT2D eigenvalue weighted by atomic mass is 9.88. The topological polar surface area (TPSA) is 9.23 Å². The molecule has 1 rings (SSSR count). The van der Waals surface area contributed by atoms with Gasteiger partial charge in [-0.2, -0.15) is 0 Å². The molecule has 0 aromatic heterocycles. The van der Waals surface area contributed by atoms with Gasteiger partial charge >= 0.3 is 0 Å².